The molecule has 25 heavy (non-hydrogen) atoms. The Morgan fingerprint density at radius 2 is 2.12 bits per heavy atom. The van der Waals surface area contributed by atoms with E-state index in [0.717, 1.165) is 57.5 Å². The maximum atomic E-state index is 6.16. The van der Waals surface area contributed by atoms with Gasteiger partial charge in [-0.1, -0.05) is 6.07 Å². The summed E-state index contributed by atoms with van der Waals surface area (Å²) < 4.78 is 17.8. The predicted octanol–water partition coefficient (Wildman–Crippen LogP) is 2.76. The van der Waals surface area contributed by atoms with Crippen molar-refractivity contribution in [3.63, 3.8) is 0 Å². The molecule has 3 fully saturated rings. The number of aromatic nitrogens is 1. The molecule has 3 aliphatic rings. The van der Waals surface area contributed by atoms with E-state index in [1.807, 2.05) is 18.2 Å². The number of nitrogens with zero attached hydrogens (tertiary/aromatic N) is 2. The van der Waals surface area contributed by atoms with Crippen molar-refractivity contribution in [2.75, 3.05) is 46.1 Å². The fourth-order valence-electron chi connectivity index (χ4n) is 4.69. The van der Waals surface area contributed by atoms with E-state index in [4.69, 9.17) is 14.2 Å². The number of pyridine rings is 1. The molecular weight excluding hydrogens is 316 g/mol. The molecule has 3 saturated heterocycles. The highest BCUT2D eigenvalue weighted by atomic mass is 16.5. The van der Waals surface area contributed by atoms with Crippen LogP contribution in [0.15, 0.2) is 24.4 Å². The highest BCUT2D eigenvalue weighted by Crippen LogP contribution is 2.41. The molecule has 0 bridgehead atoms. The van der Waals surface area contributed by atoms with Crippen LogP contribution in [-0.4, -0.2) is 62.0 Å². The van der Waals surface area contributed by atoms with Crippen molar-refractivity contribution in [3.05, 3.63) is 24.4 Å². The standard InChI is InChI=1S/C20H30N2O3/c1-2-9-21-19(4-1)25-16-20-8-3-11-24-18(20)5-10-22(15-20)14-17-6-12-23-13-7-17/h1-2,4,9,17-18H,3,5-8,10-16H2/t18-,20-/m0/s1. The van der Waals surface area contributed by atoms with Gasteiger partial charge in [0.2, 0.25) is 5.88 Å². The lowest BCUT2D eigenvalue weighted by molar-refractivity contribution is -0.142. The van der Waals surface area contributed by atoms with Gasteiger partial charge in [0.05, 0.1) is 12.7 Å². The van der Waals surface area contributed by atoms with Crippen LogP contribution in [-0.2, 0) is 9.47 Å². The minimum Gasteiger partial charge on any atom is -0.477 e. The van der Waals surface area contributed by atoms with Gasteiger partial charge in [-0.3, -0.25) is 0 Å². The highest BCUT2D eigenvalue weighted by Gasteiger charge is 2.47. The lowest BCUT2D eigenvalue weighted by Gasteiger charge is -2.50. The number of ether oxygens (including phenoxy) is 3. The van der Waals surface area contributed by atoms with Crippen LogP contribution in [0.1, 0.15) is 32.1 Å². The summed E-state index contributed by atoms with van der Waals surface area (Å²) in [6.07, 6.45) is 7.97. The minimum atomic E-state index is 0.110. The molecule has 2 atom stereocenters. The number of likely N-dealkylation sites (tertiary alicyclic amines) is 1. The Morgan fingerprint density at radius 3 is 2.96 bits per heavy atom. The smallest absolute Gasteiger partial charge is 0.213 e. The zero-order valence-electron chi connectivity index (χ0n) is 15.1. The molecule has 138 valence electrons. The van der Waals surface area contributed by atoms with E-state index in [9.17, 15) is 0 Å². The Morgan fingerprint density at radius 1 is 1.20 bits per heavy atom. The maximum absolute atomic E-state index is 6.16. The lowest BCUT2D eigenvalue weighted by atomic mass is 9.72. The lowest BCUT2D eigenvalue weighted by Crippen LogP contribution is -2.58. The SMILES string of the molecule is c1ccc(OC[C@@]23CCCO[C@H]2CCN(CC2CCOCC2)C3)nc1. The van der Waals surface area contributed by atoms with Gasteiger partial charge in [-0.2, -0.15) is 0 Å². The van der Waals surface area contributed by atoms with E-state index < -0.39 is 0 Å². The molecule has 4 heterocycles. The van der Waals surface area contributed by atoms with E-state index in [-0.39, 0.29) is 5.41 Å². The fraction of sp³-hybridized carbons (Fsp3) is 0.750. The molecule has 0 radical (unpaired) electrons. The molecule has 1 aromatic heterocycles. The van der Waals surface area contributed by atoms with Crippen LogP contribution < -0.4 is 4.74 Å². The van der Waals surface area contributed by atoms with Crippen molar-refractivity contribution >= 4 is 0 Å². The third kappa shape index (κ3) is 4.15. The van der Waals surface area contributed by atoms with E-state index >= 15 is 0 Å². The van der Waals surface area contributed by atoms with Gasteiger partial charge >= 0.3 is 0 Å². The molecule has 0 saturated carbocycles. The Bertz CT molecular complexity index is 535. The van der Waals surface area contributed by atoms with Gasteiger partial charge in [0.1, 0.15) is 0 Å². The summed E-state index contributed by atoms with van der Waals surface area (Å²) in [6.45, 7) is 6.89. The average molecular weight is 346 g/mol. The second-order valence-corrected chi connectivity index (χ2v) is 7.86. The third-order valence-corrected chi connectivity index (χ3v) is 6.07. The van der Waals surface area contributed by atoms with Crippen LogP contribution in [0.2, 0.25) is 0 Å². The van der Waals surface area contributed by atoms with Crippen LogP contribution in [0.5, 0.6) is 5.88 Å². The summed E-state index contributed by atoms with van der Waals surface area (Å²) >= 11 is 0. The van der Waals surface area contributed by atoms with Gasteiger partial charge in [-0.25, -0.2) is 4.98 Å². The molecule has 0 aromatic carbocycles. The number of rotatable bonds is 5. The zero-order valence-corrected chi connectivity index (χ0v) is 15.1. The molecule has 0 spiro atoms. The van der Waals surface area contributed by atoms with Crippen LogP contribution >= 0.6 is 0 Å². The van der Waals surface area contributed by atoms with Crippen LogP contribution in [0, 0.1) is 11.3 Å². The number of hydrogen-bond acceptors (Lipinski definition) is 5. The fourth-order valence-corrected chi connectivity index (χ4v) is 4.69. The zero-order chi connectivity index (χ0) is 17.0. The first-order valence-corrected chi connectivity index (χ1v) is 9.80. The molecule has 5 nitrogen and oxygen atoms in total. The predicted molar refractivity (Wildman–Crippen MR) is 95.7 cm³/mol. The number of hydrogen-bond donors (Lipinski definition) is 0. The number of fused-ring (bicyclic) bond motifs is 1. The second kappa shape index (κ2) is 8.02. The molecule has 3 aliphatic heterocycles. The second-order valence-electron chi connectivity index (χ2n) is 7.86. The summed E-state index contributed by atoms with van der Waals surface area (Å²) in [5, 5.41) is 0. The highest BCUT2D eigenvalue weighted by molar-refractivity contribution is 5.10. The Balaban J connectivity index is 1.41. The summed E-state index contributed by atoms with van der Waals surface area (Å²) in [5.41, 5.74) is 0.110. The van der Waals surface area contributed by atoms with Crippen LogP contribution in [0.3, 0.4) is 0 Å². The molecule has 1 aromatic rings. The Labute approximate surface area is 150 Å². The van der Waals surface area contributed by atoms with Crippen molar-refractivity contribution in [1.29, 1.82) is 0 Å². The van der Waals surface area contributed by atoms with Crippen molar-refractivity contribution in [1.82, 2.24) is 9.88 Å². The van der Waals surface area contributed by atoms with E-state index in [1.54, 1.807) is 6.20 Å². The van der Waals surface area contributed by atoms with Crippen molar-refractivity contribution in [2.45, 2.75) is 38.2 Å². The topological polar surface area (TPSA) is 43.8 Å². The Hall–Kier alpha value is -1.17. The van der Waals surface area contributed by atoms with Gasteiger partial charge in [-0.05, 0) is 44.1 Å². The van der Waals surface area contributed by atoms with Gasteiger partial charge in [0.25, 0.3) is 0 Å². The van der Waals surface area contributed by atoms with E-state index in [2.05, 4.69) is 9.88 Å². The van der Waals surface area contributed by atoms with Crippen molar-refractivity contribution in [3.8, 4) is 5.88 Å². The largest absolute Gasteiger partial charge is 0.477 e. The summed E-state index contributed by atoms with van der Waals surface area (Å²) in [7, 11) is 0. The average Bonchev–Trinajstić information content (AvgIpc) is 2.68. The van der Waals surface area contributed by atoms with Gasteiger partial charge in [0.15, 0.2) is 0 Å². The van der Waals surface area contributed by atoms with Crippen molar-refractivity contribution in [2.24, 2.45) is 11.3 Å². The number of piperidine rings is 1. The first-order valence-electron chi connectivity index (χ1n) is 9.80. The Kier molecular flexibility index (Phi) is 5.54. The molecule has 5 heteroatoms. The molecule has 0 unspecified atom stereocenters. The van der Waals surface area contributed by atoms with Crippen LogP contribution in [0.25, 0.3) is 0 Å². The van der Waals surface area contributed by atoms with Gasteiger partial charge in [-0.15, -0.1) is 0 Å². The summed E-state index contributed by atoms with van der Waals surface area (Å²) in [5.74, 6) is 1.51. The first kappa shape index (κ1) is 17.3. The molecular formula is C20H30N2O3. The minimum absolute atomic E-state index is 0.110. The molecule has 0 N–H and O–H groups in total. The molecule has 4 rings (SSSR count). The quantitative estimate of drug-likeness (QED) is 0.820. The monoisotopic (exact) mass is 346 g/mol. The van der Waals surface area contributed by atoms with Gasteiger partial charge in [0, 0.05) is 57.1 Å². The maximum Gasteiger partial charge on any atom is 0.213 e. The summed E-state index contributed by atoms with van der Waals surface area (Å²) in [6, 6.07) is 5.85. The molecule has 0 amide bonds. The summed E-state index contributed by atoms with van der Waals surface area (Å²) in [4.78, 5) is 6.98. The molecule has 0 aliphatic carbocycles. The third-order valence-electron chi connectivity index (χ3n) is 6.07. The first-order chi connectivity index (χ1) is 12.3. The van der Waals surface area contributed by atoms with Gasteiger partial charge < -0.3 is 19.1 Å². The van der Waals surface area contributed by atoms with E-state index in [1.165, 1.54) is 25.8 Å². The van der Waals surface area contributed by atoms with Crippen LogP contribution in [0.4, 0.5) is 0 Å². The normalized spacial score (nSPS) is 31.4. The van der Waals surface area contributed by atoms with E-state index in [0.29, 0.717) is 12.7 Å². The van der Waals surface area contributed by atoms with Crippen molar-refractivity contribution < 1.29 is 14.2 Å².